The van der Waals surface area contributed by atoms with Gasteiger partial charge < -0.3 is 4.89 Å². The van der Waals surface area contributed by atoms with E-state index in [2.05, 4.69) is 24.0 Å². The first kappa shape index (κ1) is 21.2. The zero-order valence-electron chi connectivity index (χ0n) is 14.7. The summed E-state index contributed by atoms with van der Waals surface area (Å²) >= 11 is 0. The van der Waals surface area contributed by atoms with Gasteiger partial charge in [0.25, 0.3) is 0 Å². The van der Waals surface area contributed by atoms with Crippen molar-refractivity contribution in [2.24, 2.45) is 5.92 Å². The second kappa shape index (κ2) is 16.5. The third-order valence-electron chi connectivity index (χ3n) is 4.14. The predicted molar refractivity (Wildman–Crippen MR) is 92.7 cm³/mol. The topological polar surface area (TPSA) is 46.5 Å². The molecule has 3 nitrogen and oxygen atoms in total. The minimum atomic E-state index is -0.516. The summed E-state index contributed by atoms with van der Waals surface area (Å²) in [5.41, 5.74) is 0. The van der Waals surface area contributed by atoms with Crippen molar-refractivity contribution < 1.29 is 14.9 Å². The van der Waals surface area contributed by atoms with Gasteiger partial charge in [0.05, 0.1) is 5.92 Å². The van der Waals surface area contributed by atoms with Crippen LogP contribution in [-0.2, 0) is 9.68 Å². The third kappa shape index (κ3) is 14.1. The Balaban J connectivity index is 3.22. The molecule has 0 amide bonds. The number of unbranched alkanes of at least 4 members (excludes halogenated alkanes) is 10. The highest BCUT2D eigenvalue weighted by Crippen LogP contribution is 2.13. The summed E-state index contributed by atoms with van der Waals surface area (Å²) in [6, 6.07) is 0. The van der Waals surface area contributed by atoms with Crippen molar-refractivity contribution in [1.29, 1.82) is 0 Å². The Hall–Kier alpha value is -0.830. The van der Waals surface area contributed by atoms with Gasteiger partial charge in [-0.25, -0.2) is 4.79 Å². The van der Waals surface area contributed by atoms with Crippen molar-refractivity contribution in [2.75, 3.05) is 0 Å². The second-order valence-corrected chi connectivity index (χ2v) is 6.33. The summed E-state index contributed by atoms with van der Waals surface area (Å²) in [5, 5.41) is 8.26. The van der Waals surface area contributed by atoms with Crippen molar-refractivity contribution in [3.8, 4) is 0 Å². The lowest BCUT2D eigenvalue weighted by atomic mass is 10.0. The average Bonchev–Trinajstić information content (AvgIpc) is 2.54. The van der Waals surface area contributed by atoms with Crippen LogP contribution in [0, 0.1) is 5.92 Å². The first-order valence-electron chi connectivity index (χ1n) is 9.22. The molecule has 0 aromatic heterocycles. The molecule has 3 heteroatoms. The predicted octanol–water partition coefficient (Wildman–Crippen LogP) is 6.29. The van der Waals surface area contributed by atoms with Gasteiger partial charge in [-0.2, -0.15) is 5.26 Å². The van der Waals surface area contributed by atoms with Crippen LogP contribution >= 0.6 is 0 Å². The lowest BCUT2D eigenvalue weighted by Gasteiger charge is -2.06. The van der Waals surface area contributed by atoms with E-state index in [1.807, 2.05) is 0 Å². The van der Waals surface area contributed by atoms with Crippen molar-refractivity contribution >= 4 is 5.97 Å². The molecule has 0 aromatic rings. The highest BCUT2D eigenvalue weighted by Gasteiger charge is 2.13. The maximum Gasteiger partial charge on any atom is 0.344 e. The maximum atomic E-state index is 11.0. The summed E-state index contributed by atoms with van der Waals surface area (Å²) in [6.45, 7) is 4.05. The summed E-state index contributed by atoms with van der Waals surface area (Å²) in [6.07, 6.45) is 20.7. The molecule has 1 N–H and O–H groups in total. The molecule has 0 saturated heterocycles. The molecule has 0 aliphatic carbocycles. The van der Waals surface area contributed by atoms with Crippen molar-refractivity contribution in [3.05, 3.63) is 12.2 Å². The molecule has 1 atom stereocenters. The molecule has 0 fully saturated rings. The summed E-state index contributed by atoms with van der Waals surface area (Å²) in [5.74, 6) is -0.708. The largest absolute Gasteiger partial charge is 0.344 e. The number of allylic oxidation sites excluding steroid dienone is 2. The summed E-state index contributed by atoms with van der Waals surface area (Å²) < 4.78 is 0. The van der Waals surface area contributed by atoms with Crippen LogP contribution in [0.1, 0.15) is 97.3 Å². The van der Waals surface area contributed by atoms with Gasteiger partial charge in [-0.05, 0) is 32.1 Å². The molecule has 0 aromatic carbocycles. The van der Waals surface area contributed by atoms with E-state index in [9.17, 15) is 4.79 Å². The molecule has 0 unspecified atom stereocenters. The van der Waals surface area contributed by atoms with Crippen LogP contribution in [0.2, 0.25) is 0 Å². The molecule has 22 heavy (non-hydrogen) atoms. The van der Waals surface area contributed by atoms with Crippen LogP contribution in [0.25, 0.3) is 0 Å². The molecule has 0 radical (unpaired) electrons. The lowest BCUT2D eigenvalue weighted by molar-refractivity contribution is -0.238. The van der Waals surface area contributed by atoms with Crippen molar-refractivity contribution in [3.63, 3.8) is 0 Å². The Morgan fingerprint density at radius 1 is 0.909 bits per heavy atom. The van der Waals surface area contributed by atoms with Crippen LogP contribution in [0.15, 0.2) is 12.2 Å². The van der Waals surface area contributed by atoms with Crippen molar-refractivity contribution in [1.82, 2.24) is 0 Å². The summed E-state index contributed by atoms with van der Waals surface area (Å²) in [7, 11) is 0. The molecular formula is C19H36O3. The van der Waals surface area contributed by atoms with E-state index in [1.165, 1.54) is 64.2 Å². The molecule has 0 spiro atoms. The van der Waals surface area contributed by atoms with E-state index in [-0.39, 0.29) is 5.92 Å². The zero-order chi connectivity index (χ0) is 16.5. The van der Waals surface area contributed by atoms with E-state index in [0.717, 1.165) is 19.3 Å². The van der Waals surface area contributed by atoms with E-state index in [1.54, 1.807) is 6.92 Å². The molecule has 0 aliphatic rings. The minimum Gasteiger partial charge on any atom is -0.301 e. The van der Waals surface area contributed by atoms with E-state index < -0.39 is 5.97 Å². The SMILES string of the molecule is CCCCCCCC/C=C\CCCCCC[C@@H](C)C(=O)OO. The Morgan fingerprint density at radius 2 is 1.41 bits per heavy atom. The fraction of sp³-hybridized carbons (Fsp3) is 0.842. The fourth-order valence-corrected chi connectivity index (χ4v) is 2.55. The molecule has 130 valence electrons. The zero-order valence-corrected chi connectivity index (χ0v) is 14.7. The molecule has 0 rings (SSSR count). The molecular weight excluding hydrogens is 276 g/mol. The fourth-order valence-electron chi connectivity index (χ4n) is 2.55. The Kier molecular flexibility index (Phi) is 15.9. The van der Waals surface area contributed by atoms with E-state index in [4.69, 9.17) is 5.26 Å². The maximum absolute atomic E-state index is 11.0. The number of hydrogen-bond donors (Lipinski definition) is 1. The molecule has 0 heterocycles. The Morgan fingerprint density at radius 3 is 1.95 bits per heavy atom. The van der Waals surface area contributed by atoms with Gasteiger partial charge in [-0.3, -0.25) is 0 Å². The number of carbonyl (C=O) groups is 1. The van der Waals surface area contributed by atoms with Gasteiger partial charge in [0, 0.05) is 0 Å². The smallest absolute Gasteiger partial charge is 0.301 e. The van der Waals surface area contributed by atoms with Gasteiger partial charge in [0.2, 0.25) is 0 Å². The van der Waals surface area contributed by atoms with Crippen molar-refractivity contribution in [2.45, 2.75) is 97.3 Å². The number of rotatable bonds is 15. The monoisotopic (exact) mass is 312 g/mol. The van der Waals surface area contributed by atoms with Gasteiger partial charge in [0.1, 0.15) is 0 Å². The molecule has 0 aliphatic heterocycles. The van der Waals surface area contributed by atoms with Gasteiger partial charge in [-0.15, -0.1) is 0 Å². The van der Waals surface area contributed by atoms with E-state index in [0.29, 0.717) is 0 Å². The quantitative estimate of drug-likeness (QED) is 0.167. The highest BCUT2D eigenvalue weighted by molar-refractivity contribution is 5.71. The van der Waals surface area contributed by atoms with Crippen LogP contribution in [0.3, 0.4) is 0 Å². The third-order valence-corrected chi connectivity index (χ3v) is 4.14. The molecule has 0 saturated carbocycles. The first-order valence-corrected chi connectivity index (χ1v) is 9.22. The van der Waals surface area contributed by atoms with Crippen LogP contribution in [-0.4, -0.2) is 11.2 Å². The molecule has 0 bridgehead atoms. The second-order valence-electron chi connectivity index (χ2n) is 6.33. The van der Waals surface area contributed by atoms with Crippen LogP contribution in [0.5, 0.6) is 0 Å². The van der Waals surface area contributed by atoms with Gasteiger partial charge in [0.15, 0.2) is 0 Å². The number of hydrogen-bond acceptors (Lipinski definition) is 3. The first-order chi connectivity index (χ1) is 10.7. The Labute approximate surface area is 137 Å². The highest BCUT2D eigenvalue weighted by atomic mass is 17.1. The normalized spacial score (nSPS) is 12.7. The van der Waals surface area contributed by atoms with Gasteiger partial charge in [-0.1, -0.05) is 77.4 Å². The lowest BCUT2D eigenvalue weighted by Crippen LogP contribution is -2.12. The van der Waals surface area contributed by atoms with Gasteiger partial charge >= 0.3 is 5.97 Å². The minimum absolute atomic E-state index is 0.192. The van der Waals surface area contributed by atoms with E-state index >= 15 is 0 Å². The van der Waals surface area contributed by atoms with Crippen LogP contribution < -0.4 is 0 Å². The van der Waals surface area contributed by atoms with Crippen LogP contribution in [0.4, 0.5) is 0 Å². The number of carbonyl (C=O) groups excluding carboxylic acids is 1. The average molecular weight is 312 g/mol. The standard InChI is InChI=1S/C19H36O3/c1-3-4-5-6-7-8-9-10-11-12-13-14-15-16-17-18(2)19(20)22-21/h10-11,18,21H,3-9,12-17H2,1-2H3/b11-10-/t18-/m1/s1. The Bertz CT molecular complexity index is 274. The summed E-state index contributed by atoms with van der Waals surface area (Å²) in [4.78, 5) is 14.7.